The van der Waals surface area contributed by atoms with E-state index in [2.05, 4.69) is 20.6 Å². The molecule has 1 aliphatic rings. The van der Waals surface area contributed by atoms with Crippen LogP contribution in [0.15, 0.2) is 5.38 Å². The van der Waals surface area contributed by atoms with Crippen molar-refractivity contribution in [2.75, 3.05) is 45.9 Å². The van der Waals surface area contributed by atoms with Crippen LogP contribution in [0.5, 0.6) is 0 Å². The maximum atomic E-state index is 5.32. The summed E-state index contributed by atoms with van der Waals surface area (Å²) in [4.78, 5) is 6.90. The summed E-state index contributed by atoms with van der Waals surface area (Å²) in [6, 6.07) is 0. The Morgan fingerprint density at radius 3 is 2.94 bits per heavy atom. The summed E-state index contributed by atoms with van der Waals surface area (Å²) < 4.78 is 5.32. The summed E-state index contributed by atoms with van der Waals surface area (Å²) >= 11 is 1.76. The summed E-state index contributed by atoms with van der Waals surface area (Å²) in [7, 11) is 0. The average molecular weight is 255 g/mol. The molecule has 0 radical (unpaired) electrons. The zero-order chi connectivity index (χ0) is 11.9. The Bertz CT molecular complexity index is 323. The molecule has 1 aromatic heterocycles. The van der Waals surface area contributed by atoms with Crippen LogP contribution in [-0.4, -0.2) is 55.8 Å². The van der Waals surface area contributed by atoms with E-state index in [1.165, 1.54) is 5.01 Å². The number of nitrogens with one attached hydrogen (secondary N) is 1. The highest BCUT2D eigenvalue weighted by molar-refractivity contribution is 7.09. The van der Waals surface area contributed by atoms with Crippen LogP contribution in [0.25, 0.3) is 0 Å². The molecule has 2 heterocycles. The lowest BCUT2D eigenvalue weighted by Crippen LogP contribution is -2.40. The standard InChI is InChI=1S/C12H21N3OS/c1-11-10-17-12(14-11)2-3-13-4-5-15-6-8-16-9-7-15/h10,13H,2-9H2,1H3. The minimum absolute atomic E-state index is 0.887. The zero-order valence-electron chi connectivity index (χ0n) is 10.4. The molecule has 17 heavy (non-hydrogen) atoms. The molecule has 0 saturated carbocycles. The number of morpholine rings is 1. The van der Waals surface area contributed by atoms with Crippen molar-refractivity contribution >= 4 is 11.3 Å². The molecule has 0 bridgehead atoms. The molecule has 0 aromatic carbocycles. The number of aryl methyl sites for hydroxylation is 1. The van der Waals surface area contributed by atoms with Gasteiger partial charge in [0.25, 0.3) is 0 Å². The molecule has 0 atom stereocenters. The molecular formula is C12H21N3OS. The van der Waals surface area contributed by atoms with Gasteiger partial charge in [-0.05, 0) is 6.92 Å². The van der Waals surface area contributed by atoms with Crippen molar-refractivity contribution in [2.24, 2.45) is 0 Å². The van der Waals surface area contributed by atoms with E-state index < -0.39 is 0 Å². The first-order valence-corrected chi connectivity index (χ1v) is 7.14. The van der Waals surface area contributed by atoms with Gasteiger partial charge in [-0.2, -0.15) is 0 Å². The van der Waals surface area contributed by atoms with Gasteiger partial charge in [-0.15, -0.1) is 11.3 Å². The molecule has 0 unspecified atom stereocenters. The third-order valence-electron chi connectivity index (χ3n) is 2.89. The minimum atomic E-state index is 0.887. The number of ether oxygens (including phenoxy) is 1. The van der Waals surface area contributed by atoms with E-state index in [1.807, 2.05) is 6.92 Å². The van der Waals surface area contributed by atoms with E-state index in [9.17, 15) is 0 Å². The second kappa shape index (κ2) is 7.06. The molecule has 1 fully saturated rings. The molecule has 1 N–H and O–H groups in total. The van der Waals surface area contributed by atoms with Gasteiger partial charge in [-0.25, -0.2) is 4.98 Å². The predicted octanol–water partition coefficient (Wildman–Crippen LogP) is 0.916. The molecule has 1 aliphatic heterocycles. The largest absolute Gasteiger partial charge is 0.379 e. The lowest BCUT2D eigenvalue weighted by atomic mass is 10.4. The number of hydrogen-bond acceptors (Lipinski definition) is 5. The second-order valence-electron chi connectivity index (χ2n) is 4.34. The fourth-order valence-corrected chi connectivity index (χ4v) is 2.68. The summed E-state index contributed by atoms with van der Waals surface area (Å²) in [6.45, 7) is 9.19. The highest BCUT2D eigenvalue weighted by Gasteiger charge is 2.08. The molecule has 0 aliphatic carbocycles. The first-order chi connectivity index (χ1) is 8.34. The first-order valence-electron chi connectivity index (χ1n) is 6.26. The summed E-state index contributed by atoms with van der Waals surface area (Å²) in [5.74, 6) is 0. The van der Waals surface area contributed by atoms with E-state index in [0.29, 0.717) is 0 Å². The Morgan fingerprint density at radius 1 is 1.41 bits per heavy atom. The van der Waals surface area contributed by atoms with Crippen molar-refractivity contribution in [3.63, 3.8) is 0 Å². The van der Waals surface area contributed by atoms with Crippen LogP contribution >= 0.6 is 11.3 Å². The highest BCUT2D eigenvalue weighted by atomic mass is 32.1. The highest BCUT2D eigenvalue weighted by Crippen LogP contribution is 2.08. The summed E-state index contributed by atoms with van der Waals surface area (Å²) in [6.07, 6.45) is 1.04. The summed E-state index contributed by atoms with van der Waals surface area (Å²) in [5.41, 5.74) is 1.14. The van der Waals surface area contributed by atoms with Crippen molar-refractivity contribution in [3.8, 4) is 0 Å². The SMILES string of the molecule is Cc1csc(CCNCCN2CCOCC2)n1. The maximum absolute atomic E-state index is 5.32. The Morgan fingerprint density at radius 2 is 2.24 bits per heavy atom. The maximum Gasteiger partial charge on any atom is 0.0940 e. The van der Waals surface area contributed by atoms with Crippen molar-refractivity contribution < 1.29 is 4.74 Å². The Hall–Kier alpha value is -0.490. The average Bonchev–Trinajstić information content (AvgIpc) is 2.76. The monoisotopic (exact) mass is 255 g/mol. The smallest absolute Gasteiger partial charge is 0.0940 e. The first kappa shape index (κ1) is 13.0. The normalized spacial score (nSPS) is 17.5. The number of nitrogens with zero attached hydrogens (tertiary/aromatic N) is 2. The van der Waals surface area contributed by atoms with Crippen LogP contribution in [0.2, 0.25) is 0 Å². The zero-order valence-corrected chi connectivity index (χ0v) is 11.3. The van der Waals surface area contributed by atoms with Crippen LogP contribution in [0.4, 0.5) is 0 Å². The van der Waals surface area contributed by atoms with Crippen molar-refractivity contribution in [1.82, 2.24) is 15.2 Å². The fourth-order valence-electron chi connectivity index (χ4n) is 1.90. The van der Waals surface area contributed by atoms with Crippen LogP contribution in [-0.2, 0) is 11.2 Å². The number of rotatable bonds is 6. The number of hydrogen-bond donors (Lipinski definition) is 1. The van der Waals surface area contributed by atoms with E-state index in [-0.39, 0.29) is 0 Å². The van der Waals surface area contributed by atoms with E-state index in [1.54, 1.807) is 11.3 Å². The van der Waals surface area contributed by atoms with E-state index in [0.717, 1.165) is 58.1 Å². The number of aromatic nitrogens is 1. The van der Waals surface area contributed by atoms with Gasteiger partial charge in [-0.1, -0.05) is 0 Å². The molecule has 4 nitrogen and oxygen atoms in total. The Kier molecular flexibility index (Phi) is 5.38. The Labute approximate surface area is 107 Å². The van der Waals surface area contributed by atoms with Crippen molar-refractivity contribution in [2.45, 2.75) is 13.3 Å². The van der Waals surface area contributed by atoms with Gasteiger partial charge < -0.3 is 10.1 Å². The second-order valence-corrected chi connectivity index (χ2v) is 5.28. The third kappa shape index (κ3) is 4.71. The molecule has 0 spiro atoms. The molecule has 1 saturated heterocycles. The van der Waals surface area contributed by atoms with Crippen LogP contribution in [0.1, 0.15) is 10.7 Å². The lowest BCUT2D eigenvalue weighted by molar-refractivity contribution is 0.0385. The van der Waals surface area contributed by atoms with Crippen molar-refractivity contribution in [3.05, 3.63) is 16.1 Å². The Balaban J connectivity index is 1.51. The molecule has 1 aromatic rings. The summed E-state index contributed by atoms with van der Waals surface area (Å²) in [5, 5.41) is 6.83. The van der Waals surface area contributed by atoms with Crippen LogP contribution < -0.4 is 5.32 Å². The van der Waals surface area contributed by atoms with Crippen molar-refractivity contribution in [1.29, 1.82) is 0 Å². The molecule has 2 rings (SSSR count). The predicted molar refractivity (Wildman–Crippen MR) is 70.7 cm³/mol. The van der Waals surface area contributed by atoms with Gasteiger partial charge in [0.2, 0.25) is 0 Å². The lowest BCUT2D eigenvalue weighted by Gasteiger charge is -2.26. The van der Waals surface area contributed by atoms with Crippen LogP contribution in [0, 0.1) is 6.92 Å². The van der Waals surface area contributed by atoms with Crippen LogP contribution in [0.3, 0.4) is 0 Å². The van der Waals surface area contributed by atoms with E-state index in [4.69, 9.17) is 4.74 Å². The van der Waals surface area contributed by atoms with Gasteiger partial charge in [0.1, 0.15) is 0 Å². The topological polar surface area (TPSA) is 37.4 Å². The van der Waals surface area contributed by atoms with Gasteiger partial charge in [0.15, 0.2) is 0 Å². The molecular weight excluding hydrogens is 234 g/mol. The molecule has 5 heteroatoms. The quantitative estimate of drug-likeness (QED) is 0.767. The minimum Gasteiger partial charge on any atom is -0.379 e. The van der Waals surface area contributed by atoms with E-state index >= 15 is 0 Å². The number of thiazole rings is 1. The molecule has 0 amide bonds. The van der Waals surface area contributed by atoms with Gasteiger partial charge in [-0.3, -0.25) is 4.90 Å². The van der Waals surface area contributed by atoms with Gasteiger partial charge >= 0.3 is 0 Å². The van der Waals surface area contributed by atoms with Gasteiger partial charge in [0, 0.05) is 50.2 Å². The third-order valence-corrected chi connectivity index (χ3v) is 3.92. The fraction of sp³-hybridized carbons (Fsp3) is 0.750. The molecule has 96 valence electrons. The van der Waals surface area contributed by atoms with Gasteiger partial charge in [0.05, 0.1) is 18.2 Å².